The van der Waals surface area contributed by atoms with Gasteiger partial charge in [-0.15, -0.1) is 0 Å². The van der Waals surface area contributed by atoms with E-state index in [0.29, 0.717) is 0 Å². The Kier molecular flexibility index (Phi) is 15.5. The fourth-order valence-corrected chi connectivity index (χ4v) is 0.644. The van der Waals surface area contributed by atoms with Crippen LogP contribution < -0.4 is 5.73 Å². The van der Waals surface area contributed by atoms with E-state index in [-0.39, 0.29) is 0 Å². The van der Waals surface area contributed by atoms with Gasteiger partial charge in [-0.05, 0) is 26.7 Å². The quantitative estimate of drug-likeness (QED) is 0.566. The summed E-state index contributed by atoms with van der Waals surface area (Å²) in [5, 5.41) is 6.79. The second kappa shape index (κ2) is 13.2. The molecule has 0 bridgehead atoms. The number of hydrogen-bond donors (Lipinski definition) is 2. The largest absolute Gasteiger partial charge is 0.383 e. The van der Waals surface area contributed by atoms with Crippen LogP contribution in [0.4, 0.5) is 0 Å². The molecule has 0 unspecified atom stereocenters. The second-order valence-electron chi connectivity index (χ2n) is 2.29. The first-order chi connectivity index (χ1) is 5.81. The van der Waals surface area contributed by atoms with Crippen molar-refractivity contribution in [2.75, 3.05) is 40.9 Å². The molecule has 3 N–H and O–H groups in total. The van der Waals surface area contributed by atoms with Crippen molar-refractivity contribution in [2.45, 2.75) is 6.42 Å². The van der Waals surface area contributed by atoms with Crippen LogP contribution in [-0.4, -0.2) is 52.0 Å². The van der Waals surface area contributed by atoms with Crippen molar-refractivity contribution in [3.05, 3.63) is 0 Å². The average molecular weight is 175 g/mol. The number of likely N-dealkylation sites (N-methyl/N-ethyl adjacent to an activating group) is 1. The summed E-state index contributed by atoms with van der Waals surface area (Å²) in [6, 6.07) is 0. The molecule has 74 valence electrons. The Morgan fingerprint density at radius 3 is 2.42 bits per heavy atom. The average Bonchev–Trinajstić information content (AvgIpc) is 2.14. The number of methoxy groups -OCH3 is 1. The summed E-state index contributed by atoms with van der Waals surface area (Å²) >= 11 is 0. The molecular formula is C8H21N3O. The molecule has 0 rings (SSSR count). The van der Waals surface area contributed by atoms with Crippen LogP contribution in [0.15, 0.2) is 0 Å². The number of rotatable bonds is 6. The molecule has 0 spiro atoms. The first-order valence-corrected chi connectivity index (χ1v) is 4.05. The van der Waals surface area contributed by atoms with Gasteiger partial charge in [0.1, 0.15) is 0 Å². The minimum absolute atomic E-state index is 0.772. The van der Waals surface area contributed by atoms with Crippen LogP contribution in [0.2, 0.25) is 0 Å². The van der Waals surface area contributed by atoms with Crippen LogP contribution in [-0.2, 0) is 4.74 Å². The SMILES string of the molecule is CN.COCCN(C)CCC=N. The Bertz CT molecular complexity index is 88.4. The predicted molar refractivity (Wildman–Crippen MR) is 52.9 cm³/mol. The van der Waals surface area contributed by atoms with Crippen LogP contribution in [0, 0.1) is 5.41 Å². The lowest BCUT2D eigenvalue weighted by molar-refractivity contribution is 0.163. The Balaban J connectivity index is 0. The van der Waals surface area contributed by atoms with Gasteiger partial charge in [-0.25, -0.2) is 0 Å². The van der Waals surface area contributed by atoms with Gasteiger partial charge in [0.15, 0.2) is 0 Å². The number of ether oxygens (including phenoxy) is 1. The molecule has 0 aromatic carbocycles. The van der Waals surface area contributed by atoms with E-state index in [0.717, 1.165) is 26.1 Å². The van der Waals surface area contributed by atoms with E-state index < -0.39 is 0 Å². The third kappa shape index (κ3) is 12.2. The second-order valence-corrected chi connectivity index (χ2v) is 2.29. The van der Waals surface area contributed by atoms with E-state index in [4.69, 9.17) is 10.1 Å². The summed E-state index contributed by atoms with van der Waals surface area (Å²) in [5.41, 5.74) is 4.50. The molecule has 0 saturated heterocycles. The molecule has 4 heteroatoms. The van der Waals surface area contributed by atoms with Crippen molar-refractivity contribution >= 4 is 6.21 Å². The highest BCUT2D eigenvalue weighted by Crippen LogP contribution is 1.83. The molecule has 0 heterocycles. The van der Waals surface area contributed by atoms with Gasteiger partial charge in [-0.3, -0.25) is 0 Å². The first-order valence-electron chi connectivity index (χ1n) is 4.05. The van der Waals surface area contributed by atoms with Crippen LogP contribution in [0.25, 0.3) is 0 Å². The van der Waals surface area contributed by atoms with Crippen molar-refractivity contribution in [2.24, 2.45) is 5.73 Å². The Morgan fingerprint density at radius 1 is 1.42 bits per heavy atom. The number of nitrogens with two attached hydrogens (primary N) is 1. The summed E-state index contributed by atoms with van der Waals surface area (Å²) in [4.78, 5) is 2.15. The standard InChI is InChI=1S/C7H16N2O.CH5N/c1-9(5-3-4-8)6-7-10-2;1-2/h4,8H,3,5-7H2,1-2H3;2H2,1H3. The summed E-state index contributed by atoms with van der Waals surface area (Å²) in [5.74, 6) is 0. The topological polar surface area (TPSA) is 62.3 Å². The molecule has 0 atom stereocenters. The van der Waals surface area contributed by atoms with Crippen molar-refractivity contribution in [3.63, 3.8) is 0 Å². The van der Waals surface area contributed by atoms with E-state index in [9.17, 15) is 0 Å². The maximum absolute atomic E-state index is 6.79. The highest BCUT2D eigenvalue weighted by atomic mass is 16.5. The lowest BCUT2D eigenvalue weighted by Gasteiger charge is -2.13. The van der Waals surface area contributed by atoms with Crippen LogP contribution in [0.5, 0.6) is 0 Å². The molecule has 0 aliphatic rings. The van der Waals surface area contributed by atoms with Gasteiger partial charge < -0.3 is 20.8 Å². The highest BCUT2D eigenvalue weighted by molar-refractivity contribution is 5.52. The van der Waals surface area contributed by atoms with E-state index in [2.05, 4.69) is 10.6 Å². The van der Waals surface area contributed by atoms with Crippen molar-refractivity contribution in [1.82, 2.24) is 4.90 Å². The molecule has 0 amide bonds. The van der Waals surface area contributed by atoms with Crippen LogP contribution in [0.1, 0.15) is 6.42 Å². The minimum atomic E-state index is 0.772. The van der Waals surface area contributed by atoms with Gasteiger partial charge >= 0.3 is 0 Å². The molecule has 0 aromatic heterocycles. The monoisotopic (exact) mass is 175 g/mol. The Labute approximate surface area is 75.2 Å². The summed E-state index contributed by atoms with van der Waals surface area (Å²) in [6.07, 6.45) is 2.27. The van der Waals surface area contributed by atoms with E-state index in [1.807, 2.05) is 7.05 Å². The lowest BCUT2D eigenvalue weighted by atomic mass is 10.4. The van der Waals surface area contributed by atoms with Gasteiger partial charge in [-0.2, -0.15) is 0 Å². The molecule has 0 aromatic rings. The summed E-state index contributed by atoms with van der Waals surface area (Å²) in [6.45, 7) is 2.67. The van der Waals surface area contributed by atoms with Crippen molar-refractivity contribution < 1.29 is 4.74 Å². The Morgan fingerprint density at radius 2 is 2.00 bits per heavy atom. The van der Waals surface area contributed by atoms with Gasteiger partial charge in [0.2, 0.25) is 0 Å². The third-order valence-corrected chi connectivity index (χ3v) is 1.33. The fraction of sp³-hybridized carbons (Fsp3) is 0.875. The minimum Gasteiger partial charge on any atom is -0.383 e. The number of nitrogens with zero attached hydrogens (tertiary/aromatic N) is 1. The van der Waals surface area contributed by atoms with E-state index >= 15 is 0 Å². The lowest BCUT2D eigenvalue weighted by Crippen LogP contribution is -2.23. The van der Waals surface area contributed by atoms with Gasteiger partial charge in [0.25, 0.3) is 0 Å². The van der Waals surface area contributed by atoms with Gasteiger partial charge in [-0.1, -0.05) is 0 Å². The molecular weight excluding hydrogens is 154 g/mol. The molecule has 12 heavy (non-hydrogen) atoms. The molecule has 4 nitrogen and oxygen atoms in total. The zero-order chi connectivity index (χ0) is 9.82. The maximum Gasteiger partial charge on any atom is 0.0589 e. The molecule has 0 aliphatic carbocycles. The normalized spacial score (nSPS) is 9.08. The van der Waals surface area contributed by atoms with Crippen molar-refractivity contribution in [3.8, 4) is 0 Å². The number of nitrogens with one attached hydrogen (secondary N) is 1. The number of hydrogen-bond acceptors (Lipinski definition) is 4. The molecule has 0 radical (unpaired) electrons. The summed E-state index contributed by atoms with van der Waals surface area (Å²) in [7, 11) is 5.23. The highest BCUT2D eigenvalue weighted by Gasteiger charge is 1.93. The van der Waals surface area contributed by atoms with E-state index in [1.165, 1.54) is 13.3 Å². The molecule has 0 fully saturated rings. The van der Waals surface area contributed by atoms with Gasteiger partial charge in [0.05, 0.1) is 6.61 Å². The summed E-state index contributed by atoms with van der Waals surface area (Å²) < 4.78 is 4.89. The zero-order valence-corrected chi connectivity index (χ0v) is 8.34. The van der Waals surface area contributed by atoms with Crippen molar-refractivity contribution in [1.29, 1.82) is 5.41 Å². The predicted octanol–water partition coefficient (Wildman–Crippen LogP) is 0.179. The fourth-order valence-electron chi connectivity index (χ4n) is 0.644. The first kappa shape index (κ1) is 14.1. The van der Waals surface area contributed by atoms with Gasteiger partial charge in [0, 0.05) is 20.2 Å². The maximum atomic E-state index is 6.79. The van der Waals surface area contributed by atoms with E-state index in [1.54, 1.807) is 7.11 Å². The van der Waals surface area contributed by atoms with Crippen LogP contribution in [0.3, 0.4) is 0 Å². The van der Waals surface area contributed by atoms with Crippen LogP contribution >= 0.6 is 0 Å². The Hall–Kier alpha value is -0.450. The zero-order valence-electron chi connectivity index (χ0n) is 8.34. The smallest absolute Gasteiger partial charge is 0.0589 e. The third-order valence-electron chi connectivity index (χ3n) is 1.33. The molecule has 0 saturated carbocycles. The molecule has 0 aliphatic heterocycles.